The Balaban J connectivity index is 2.01. The maximum atomic E-state index is 10.0. The van der Waals surface area contributed by atoms with Crippen LogP contribution >= 0.6 is 0 Å². The second-order valence-electron chi connectivity index (χ2n) is 4.77. The van der Waals surface area contributed by atoms with Crippen LogP contribution in [0.25, 0.3) is 0 Å². The van der Waals surface area contributed by atoms with Crippen molar-refractivity contribution in [2.24, 2.45) is 0 Å². The van der Waals surface area contributed by atoms with Crippen molar-refractivity contribution in [3.63, 3.8) is 0 Å². The van der Waals surface area contributed by atoms with Gasteiger partial charge in [-0.3, -0.25) is 0 Å². The highest BCUT2D eigenvalue weighted by Crippen LogP contribution is 2.29. The third-order valence-corrected chi connectivity index (χ3v) is 3.40. The molecule has 1 aromatic carbocycles. The van der Waals surface area contributed by atoms with Gasteiger partial charge in [-0.15, -0.1) is 0 Å². The molecular weight excluding hydrogens is 270 g/mol. The maximum Gasteiger partial charge on any atom is 0.133 e. The van der Waals surface area contributed by atoms with Crippen molar-refractivity contribution < 1.29 is 19.0 Å². The Morgan fingerprint density at radius 2 is 2.05 bits per heavy atom. The summed E-state index contributed by atoms with van der Waals surface area (Å²) in [6.45, 7) is 2.41. The Bertz CT molecular complexity index is 553. The number of hydrogen-bond donors (Lipinski definition) is 2. The van der Waals surface area contributed by atoms with Crippen LogP contribution in [-0.2, 0) is 0 Å². The van der Waals surface area contributed by atoms with Crippen LogP contribution < -0.4 is 14.8 Å². The molecule has 21 heavy (non-hydrogen) atoms. The van der Waals surface area contributed by atoms with Crippen LogP contribution in [0.5, 0.6) is 11.5 Å². The number of benzene rings is 1. The number of rotatable bonds is 7. The van der Waals surface area contributed by atoms with Crippen molar-refractivity contribution in [2.75, 3.05) is 20.8 Å². The Morgan fingerprint density at radius 1 is 1.24 bits per heavy atom. The van der Waals surface area contributed by atoms with Gasteiger partial charge in [0.25, 0.3) is 0 Å². The molecule has 5 heteroatoms. The lowest BCUT2D eigenvalue weighted by molar-refractivity contribution is 0.144. The zero-order valence-corrected chi connectivity index (χ0v) is 12.5. The minimum Gasteiger partial charge on any atom is -0.497 e. The molecule has 0 aliphatic heterocycles. The van der Waals surface area contributed by atoms with E-state index in [9.17, 15) is 5.11 Å². The molecule has 2 N–H and O–H groups in total. The van der Waals surface area contributed by atoms with Crippen molar-refractivity contribution in [1.82, 2.24) is 5.32 Å². The van der Waals surface area contributed by atoms with Crippen LogP contribution in [0.15, 0.2) is 41.0 Å². The smallest absolute Gasteiger partial charge is 0.133 e. The second kappa shape index (κ2) is 7.15. The van der Waals surface area contributed by atoms with Crippen LogP contribution in [0, 0.1) is 0 Å². The van der Waals surface area contributed by atoms with E-state index in [1.54, 1.807) is 32.6 Å². The first kappa shape index (κ1) is 15.4. The predicted molar refractivity (Wildman–Crippen MR) is 79.6 cm³/mol. The van der Waals surface area contributed by atoms with Crippen LogP contribution in [0.2, 0.25) is 0 Å². The van der Waals surface area contributed by atoms with Gasteiger partial charge in [-0.2, -0.15) is 0 Å². The van der Waals surface area contributed by atoms with Crippen molar-refractivity contribution in [1.29, 1.82) is 0 Å². The molecule has 2 rings (SSSR count). The van der Waals surface area contributed by atoms with Crippen LogP contribution in [0.1, 0.15) is 30.4 Å². The van der Waals surface area contributed by atoms with Crippen LogP contribution in [0.3, 0.4) is 0 Å². The highest BCUT2D eigenvalue weighted by Gasteiger charge is 2.15. The highest BCUT2D eigenvalue weighted by molar-refractivity contribution is 5.42. The van der Waals surface area contributed by atoms with Crippen LogP contribution in [0.4, 0.5) is 0 Å². The van der Waals surface area contributed by atoms with Crippen molar-refractivity contribution >= 4 is 0 Å². The average molecular weight is 291 g/mol. The minimum atomic E-state index is -0.674. The Hall–Kier alpha value is -1.98. The van der Waals surface area contributed by atoms with E-state index in [1.807, 2.05) is 25.1 Å². The molecule has 0 saturated heterocycles. The molecule has 0 aliphatic carbocycles. The summed E-state index contributed by atoms with van der Waals surface area (Å²) in [5.74, 6) is 2.05. The number of nitrogens with one attached hydrogen (secondary N) is 1. The molecule has 2 atom stereocenters. The van der Waals surface area contributed by atoms with E-state index in [2.05, 4.69) is 5.32 Å². The lowest BCUT2D eigenvalue weighted by atomic mass is 10.1. The van der Waals surface area contributed by atoms with Gasteiger partial charge in [-0.25, -0.2) is 0 Å². The van der Waals surface area contributed by atoms with Gasteiger partial charge in [0.05, 0.1) is 20.5 Å². The number of methoxy groups -OCH3 is 2. The number of ether oxygens (including phenoxy) is 2. The second-order valence-corrected chi connectivity index (χ2v) is 4.77. The number of aliphatic hydroxyl groups is 1. The van der Waals surface area contributed by atoms with Gasteiger partial charge >= 0.3 is 0 Å². The van der Waals surface area contributed by atoms with E-state index in [4.69, 9.17) is 13.9 Å². The molecule has 1 heterocycles. The third kappa shape index (κ3) is 3.77. The SMILES string of the molecule is COc1ccc(C(C)NCC(O)c2ccco2)c(OC)c1. The van der Waals surface area contributed by atoms with E-state index < -0.39 is 6.10 Å². The Kier molecular flexibility index (Phi) is 5.25. The molecule has 0 aliphatic rings. The maximum absolute atomic E-state index is 10.0. The number of furan rings is 1. The molecule has 2 aromatic rings. The number of aliphatic hydroxyl groups excluding tert-OH is 1. The first-order valence-corrected chi connectivity index (χ1v) is 6.82. The normalized spacial score (nSPS) is 13.7. The fraction of sp³-hybridized carbons (Fsp3) is 0.375. The Labute approximate surface area is 124 Å². The molecule has 2 unspecified atom stereocenters. The van der Waals surface area contributed by atoms with Gasteiger partial charge in [0.1, 0.15) is 23.4 Å². The number of hydrogen-bond acceptors (Lipinski definition) is 5. The van der Waals surface area contributed by atoms with Crippen LogP contribution in [-0.4, -0.2) is 25.9 Å². The molecule has 1 aromatic heterocycles. The van der Waals surface area contributed by atoms with E-state index in [0.29, 0.717) is 12.3 Å². The van der Waals surface area contributed by atoms with E-state index in [1.165, 1.54) is 0 Å². The zero-order chi connectivity index (χ0) is 15.2. The van der Waals surface area contributed by atoms with Gasteiger partial charge in [0.15, 0.2) is 0 Å². The third-order valence-electron chi connectivity index (χ3n) is 3.40. The lowest BCUT2D eigenvalue weighted by Crippen LogP contribution is -2.24. The van der Waals surface area contributed by atoms with E-state index >= 15 is 0 Å². The fourth-order valence-electron chi connectivity index (χ4n) is 2.16. The molecule has 114 valence electrons. The van der Waals surface area contributed by atoms with Crippen molar-refractivity contribution in [3.05, 3.63) is 47.9 Å². The molecular formula is C16H21NO4. The lowest BCUT2D eigenvalue weighted by Gasteiger charge is -2.19. The topological polar surface area (TPSA) is 63.9 Å². The first-order chi connectivity index (χ1) is 10.2. The molecule has 0 saturated carbocycles. The van der Waals surface area contributed by atoms with Gasteiger partial charge in [0.2, 0.25) is 0 Å². The standard InChI is InChI=1S/C16H21NO4/c1-11(17-10-14(18)15-5-4-8-21-15)13-7-6-12(19-2)9-16(13)20-3/h4-9,11,14,17-18H,10H2,1-3H3. The summed E-state index contributed by atoms with van der Waals surface area (Å²) in [5, 5.41) is 13.3. The summed E-state index contributed by atoms with van der Waals surface area (Å²) in [6.07, 6.45) is 0.876. The summed E-state index contributed by atoms with van der Waals surface area (Å²) < 4.78 is 15.8. The largest absolute Gasteiger partial charge is 0.497 e. The summed E-state index contributed by atoms with van der Waals surface area (Å²) in [6, 6.07) is 9.22. The zero-order valence-electron chi connectivity index (χ0n) is 12.5. The van der Waals surface area contributed by atoms with E-state index in [0.717, 1.165) is 17.1 Å². The molecule has 5 nitrogen and oxygen atoms in total. The van der Waals surface area contributed by atoms with E-state index in [-0.39, 0.29) is 6.04 Å². The molecule has 0 amide bonds. The molecule has 0 radical (unpaired) electrons. The predicted octanol–water partition coefficient (Wildman–Crippen LogP) is 2.68. The van der Waals surface area contributed by atoms with Crippen molar-refractivity contribution in [2.45, 2.75) is 19.1 Å². The van der Waals surface area contributed by atoms with Gasteiger partial charge < -0.3 is 24.3 Å². The Morgan fingerprint density at radius 3 is 2.67 bits per heavy atom. The summed E-state index contributed by atoms with van der Waals surface area (Å²) in [4.78, 5) is 0. The molecule has 0 bridgehead atoms. The monoisotopic (exact) mass is 291 g/mol. The quantitative estimate of drug-likeness (QED) is 0.821. The molecule has 0 spiro atoms. The summed E-state index contributed by atoms with van der Waals surface area (Å²) in [5.41, 5.74) is 1.00. The average Bonchev–Trinajstić information content (AvgIpc) is 3.06. The molecule has 0 fully saturated rings. The van der Waals surface area contributed by atoms with Gasteiger partial charge in [0, 0.05) is 24.2 Å². The summed E-state index contributed by atoms with van der Waals surface area (Å²) >= 11 is 0. The fourth-order valence-corrected chi connectivity index (χ4v) is 2.16. The summed E-state index contributed by atoms with van der Waals surface area (Å²) in [7, 11) is 3.25. The minimum absolute atomic E-state index is 0.0236. The highest BCUT2D eigenvalue weighted by atomic mass is 16.5. The van der Waals surface area contributed by atoms with Gasteiger partial charge in [-0.1, -0.05) is 6.07 Å². The first-order valence-electron chi connectivity index (χ1n) is 6.82. The van der Waals surface area contributed by atoms with Gasteiger partial charge in [-0.05, 0) is 25.1 Å². The van der Waals surface area contributed by atoms with Crippen molar-refractivity contribution in [3.8, 4) is 11.5 Å².